The lowest BCUT2D eigenvalue weighted by Crippen LogP contribution is -2.23. The molecule has 0 aromatic heterocycles. The van der Waals surface area contributed by atoms with Gasteiger partial charge < -0.3 is 14.6 Å². The van der Waals surface area contributed by atoms with Gasteiger partial charge in [0.05, 0.1) is 12.8 Å². The van der Waals surface area contributed by atoms with E-state index in [-0.39, 0.29) is 5.41 Å². The van der Waals surface area contributed by atoms with Gasteiger partial charge in [-0.1, -0.05) is 39.0 Å². The highest BCUT2D eigenvalue weighted by molar-refractivity contribution is 5.87. The Morgan fingerprint density at radius 2 is 1.81 bits per heavy atom. The first-order valence-corrected chi connectivity index (χ1v) is 8.43. The van der Waals surface area contributed by atoms with Crippen LogP contribution in [0.15, 0.2) is 47.5 Å². The van der Waals surface area contributed by atoms with Crippen LogP contribution in [-0.4, -0.2) is 30.5 Å². The Hall–Kier alpha value is -2.82. The van der Waals surface area contributed by atoms with E-state index in [1.54, 1.807) is 24.4 Å². The maximum absolute atomic E-state index is 11.1. The Morgan fingerprint density at radius 3 is 2.35 bits per heavy atom. The largest absolute Gasteiger partial charge is 0.493 e. The Morgan fingerprint density at radius 1 is 1.15 bits per heavy atom. The number of aliphatic carboxylic acids is 1. The molecule has 5 heteroatoms. The highest BCUT2D eigenvalue weighted by atomic mass is 16.5. The predicted octanol–water partition coefficient (Wildman–Crippen LogP) is 4.60. The molecule has 26 heavy (non-hydrogen) atoms. The first kappa shape index (κ1) is 19.5. The second-order valence-corrected chi connectivity index (χ2v) is 7.03. The van der Waals surface area contributed by atoms with Crippen LogP contribution in [0.3, 0.4) is 0 Å². The van der Waals surface area contributed by atoms with Gasteiger partial charge in [0.25, 0.3) is 0 Å². The molecule has 0 aliphatic carbocycles. The molecule has 0 saturated carbocycles. The standard InChI is InChI=1S/C21H25NO4/c1-14(20(23)24)26-19-15(7-6-8-18(19)25-5)13-22-17-11-9-16(10-12-17)21(2,3)4/h6-14H,1-5H3,(H,23,24)/t14-/m0/s1. The van der Waals surface area contributed by atoms with E-state index in [0.717, 1.165) is 5.69 Å². The Balaban J connectivity index is 2.30. The summed E-state index contributed by atoms with van der Waals surface area (Å²) in [7, 11) is 1.51. The van der Waals surface area contributed by atoms with Crippen molar-refractivity contribution in [3.05, 3.63) is 53.6 Å². The quantitative estimate of drug-likeness (QED) is 0.769. The molecule has 0 saturated heterocycles. The number of carbonyl (C=O) groups is 1. The Bertz CT molecular complexity index is 789. The third kappa shape index (κ3) is 4.85. The summed E-state index contributed by atoms with van der Waals surface area (Å²) in [6.45, 7) is 7.96. The van der Waals surface area contributed by atoms with Crippen molar-refractivity contribution in [1.29, 1.82) is 0 Å². The number of carboxylic acids is 1. The van der Waals surface area contributed by atoms with E-state index in [1.807, 2.05) is 12.1 Å². The summed E-state index contributed by atoms with van der Waals surface area (Å²) < 4.78 is 10.9. The van der Waals surface area contributed by atoms with Crippen LogP contribution in [-0.2, 0) is 10.2 Å². The number of carboxylic acid groups (broad SMARTS) is 1. The van der Waals surface area contributed by atoms with Gasteiger partial charge in [0.1, 0.15) is 0 Å². The molecule has 0 bridgehead atoms. The van der Waals surface area contributed by atoms with Crippen molar-refractivity contribution in [2.24, 2.45) is 4.99 Å². The van der Waals surface area contributed by atoms with E-state index in [1.165, 1.54) is 19.6 Å². The van der Waals surface area contributed by atoms with Crippen LogP contribution >= 0.6 is 0 Å². The second-order valence-electron chi connectivity index (χ2n) is 7.03. The van der Waals surface area contributed by atoms with E-state index in [0.29, 0.717) is 17.1 Å². The first-order chi connectivity index (χ1) is 12.2. The second kappa shape index (κ2) is 8.04. The number of nitrogens with zero attached hydrogens (tertiary/aromatic N) is 1. The zero-order valence-electron chi connectivity index (χ0n) is 15.8. The fraction of sp³-hybridized carbons (Fsp3) is 0.333. The van der Waals surface area contributed by atoms with Crippen LogP contribution in [0.1, 0.15) is 38.8 Å². The number of rotatable bonds is 6. The normalized spacial score (nSPS) is 12.8. The molecule has 0 radical (unpaired) electrons. The fourth-order valence-corrected chi connectivity index (χ4v) is 2.34. The molecule has 0 unspecified atom stereocenters. The molecule has 0 spiro atoms. The molecule has 0 aliphatic heterocycles. The van der Waals surface area contributed by atoms with E-state index < -0.39 is 12.1 Å². The first-order valence-electron chi connectivity index (χ1n) is 8.43. The van der Waals surface area contributed by atoms with Crippen LogP contribution in [0.5, 0.6) is 11.5 Å². The van der Waals surface area contributed by atoms with Crippen molar-refractivity contribution in [2.45, 2.75) is 39.2 Å². The van der Waals surface area contributed by atoms with Gasteiger partial charge in [0, 0.05) is 11.8 Å². The molecular weight excluding hydrogens is 330 g/mol. The van der Waals surface area contributed by atoms with E-state index >= 15 is 0 Å². The highest BCUT2D eigenvalue weighted by Gasteiger charge is 2.18. The van der Waals surface area contributed by atoms with Crippen molar-refractivity contribution >= 4 is 17.9 Å². The summed E-state index contributed by atoms with van der Waals surface area (Å²) in [5.74, 6) is -0.221. The summed E-state index contributed by atoms with van der Waals surface area (Å²) in [6.07, 6.45) is 0.655. The van der Waals surface area contributed by atoms with Gasteiger partial charge >= 0.3 is 5.97 Å². The average molecular weight is 355 g/mol. The lowest BCUT2D eigenvalue weighted by Gasteiger charge is -2.18. The number of hydrogen-bond acceptors (Lipinski definition) is 4. The Kier molecular flexibility index (Phi) is 6.03. The minimum atomic E-state index is -1.04. The minimum Gasteiger partial charge on any atom is -0.493 e. The molecule has 2 rings (SSSR count). The topological polar surface area (TPSA) is 68.1 Å². The van der Waals surface area contributed by atoms with Gasteiger partial charge in [0.2, 0.25) is 0 Å². The minimum absolute atomic E-state index is 0.0863. The molecule has 0 fully saturated rings. The molecule has 138 valence electrons. The number of aliphatic imine (C=N–C) groups is 1. The smallest absolute Gasteiger partial charge is 0.344 e. The van der Waals surface area contributed by atoms with Crippen LogP contribution in [0, 0.1) is 0 Å². The van der Waals surface area contributed by atoms with E-state index in [9.17, 15) is 4.79 Å². The van der Waals surface area contributed by atoms with Crippen molar-refractivity contribution < 1.29 is 19.4 Å². The Labute approximate surface area is 154 Å². The monoisotopic (exact) mass is 355 g/mol. The number of para-hydroxylation sites is 1. The number of benzene rings is 2. The summed E-state index contributed by atoms with van der Waals surface area (Å²) in [5.41, 5.74) is 2.77. The van der Waals surface area contributed by atoms with Crippen molar-refractivity contribution in [3.8, 4) is 11.5 Å². The SMILES string of the molecule is COc1cccc(C=Nc2ccc(C(C)(C)C)cc2)c1O[C@@H](C)C(=O)O. The molecule has 0 aliphatic rings. The summed E-state index contributed by atoms with van der Waals surface area (Å²) in [6, 6.07) is 13.4. The fourth-order valence-electron chi connectivity index (χ4n) is 2.34. The van der Waals surface area contributed by atoms with Crippen LogP contribution in [0.2, 0.25) is 0 Å². The van der Waals surface area contributed by atoms with E-state index in [4.69, 9.17) is 14.6 Å². The number of ether oxygens (including phenoxy) is 2. The van der Waals surface area contributed by atoms with Crippen LogP contribution in [0.4, 0.5) is 5.69 Å². The van der Waals surface area contributed by atoms with E-state index in [2.05, 4.69) is 37.9 Å². The number of methoxy groups -OCH3 is 1. The summed E-state index contributed by atoms with van der Waals surface area (Å²) >= 11 is 0. The molecule has 2 aromatic carbocycles. The lowest BCUT2D eigenvalue weighted by atomic mass is 9.87. The molecular formula is C21H25NO4. The summed E-state index contributed by atoms with van der Waals surface area (Å²) in [5, 5.41) is 9.10. The van der Waals surface area contributed by atoms with Gasteiger partial charge in [-0.05, 0) is 42.2 Å². The molecule has 2 aromatic rings. The summed E-state index contributed by atoms with van der Waals surface area (Å²) in [4.78, 5) is 15.6. The highest BCUT2D eigenvalue weighted by Crippen LogP contribution is 2.31. The van der Waals surface area contributed by atoms with Crippen molar-refractivity contribution in [2.75, 3.05) is 7.11 Å². The van der Waals surface area contributed by atoms with Crippen LogP contribution in [0.25, 0.3) is 0 Å². The lowest BCUT2D eigenvalue weighted by molar-refractivity contribution is -0.144. The third-order valence-corrected chi connectivity index (χ3v) is 3.96. The van der Waals surface area contributed by atoms with Gasteiger partial charge in [-0.15, -0.1) is 0 Å². The van der Waals surface area contributed by atoms with Gasteiger partial charge in [-0.2, -0.15) is 0 Å². The van der Waals surface area contributed by atoms with Crippen molar-refractivity contribution in [3.63, 3.8) is 0 Å². The number of hydrogen-bond donors (Lipinski definition) is 1. The zero-order chi connectivity index (χ0) is 19.3. The third-order valence-electron chi connectivity index (χ3n) is 3.96. The van der Waals surface area contributed by atoms with Crippen LogP contribution < -0.4 is 9.47 Å². The predicted molar refractivity (Wildman–Crippen MR) is 103 cm³/mol. The van der Waals surface area contributed by atoms with Gasteiger partial charge in [0.15, 0.2) is 17.6 Å². The molecule has 0 amide bonds. The maximum Gasteiger partial charge on any atom is 0.344 e. The molecule has 5 nitrogen and oxygen atoms in total. The molecule has 1 atom stereocenters. The molecule has 0 heterocycles. The van der Waals surface area contributed by atoms with Gasteiger partial charge in [-0.3, -0.25) is 4.99 Å². The van der Waals surface area contributed by atoms with Crippen molar-refractivity contribution in [1.82, 2.24) is 0 Å². The zero-order valence-corrected chi connectivity index (χ0v) is 15.8. The maximum atomic E-state index is 11.1. The molecule has 1 N–H and O–H groups in total. The van der Waals surface area contributed by atoms with Gasteiger partial charge in [-0.25, -0.2) is 4.79 Å². The average Bonchev–Trinajstić information content (AvgIpc) is 2.60.